The minimum Gasteiger partial charge on any atom is -0.481 e. The minimum atomic E-state index is -1.17. The highest BCUT2D eigenvalue weighted by Gasteiger charge is 2.54. The zero-order valence-corrected chi connectivity index (χ0v) is 12.7. The Kier molecular flexibility index (Phi) is 3.95. The lowest BCUT2D eigenvalue weighted by Crippen LogP contribution is -2.35. The molecule has 0 amide bonds. The molecule has 0 spiro atoms. The number of hydrogen-bond donors (Lipinski definition) is 1. The Morgan fingerprint density at radius 2 is 1.81 bits per heavy atom. The SMILES string of the molecule is CC(OC(=O)C(C)C(=O)O)OC1CC2CC1C1CCCC21. The zero-order valence-electron chi connectivity index (χ0n) is 12.7. The average molecular weight is 296 g/mol. The average Bonchev–Trinajstić information content (AvgIpc) is 3.08. The first kappa shape index (κ1) is 14.8. The Labute approximate surface area is 125 Å². The number of rotatable bonds is 5. The van der Waals surface area contributed by atoms with Crippen LogP contribution in [0.3, 0.4) is 0 Å². The first-order valence-corrected chi connectivity index (χ1v) is 8.06. The molecule has 5 heteroatoms. The molecular weight excluding hydrogens is 272 g/mol. The molecule has 118 valence electrons. The van der Waals surface area contributed by atoms with Gasteiger partial charge in [0.15, 0.2) is 12.2 Å². The van der Waals surface area contributed by atoms with Crippen LogP contribution in [0.1, 0.15) is 46.0 Å². The van der Waals surface area contributed by atoms with Gasteiger partial charge in [0.2, 0.25) is 0 Å². The van der Waals surface area contributed by atoms with Gasteiger partial charge in [-0.1, -0.05) is 6.42 Å². The minimum absolute atomic E-state index is 0.178. The van der Waals surface area contributed by atoms with Gasteiger partial charge in [-0.05, 0) is 63.2 Å². The number of esters is 1. The van der Waals surface area contributed by atoms with Crippen LogP contribution >= 0.6 is 0 Å². The van der Waals surface area contributed by atoms with E-state index >= 15 is 0 Å². The topological polar surface area (TPSA) is 72.8 Å². The van der Waals surface area contributed by atoms with Gasteiger partial charge >= 0.3 is 11.9 Å². The molecule has 0 radical (unpaired) electrons. The van der Waals surface area contributed by atoms with E-state index in [1.807, 2.05) is 0 Å². The highest BCUT2D eigenvalue weighted by atomic mass is 16.7. The summed E-state index contributed by atoms with van der Waals surface area (Å²) in [6.45, 7) is 3.02. The summed E-state index contributed by atoms with van der Waals surface area (Å²) in [6, 6.07) is 0. The molecule has 3 aliphatic carbocycles. The molecule has 0 aromatic rings. The molecule has 3 aliphatic rings. The molecule has 3 fully saturated rings. The maximum Gasteiger partial charge on any atom is 0.322 e. The number of carboxylic acids is 1. The van der Waals surface area contributed by atoms with Crippen molar-refractivity contribution < 1.29 is 24.2 Å². The molecule has 2 bridgehead atoms. The smallest absolute Gasteiger partial charge is 0.322 e. The summed E-state index contributed by atoms with van der Waals surface area (Å²) in [7, 11) is 0. The van der Waals surface area contributed by atoms with E-state index in [9.17, 15) is 9.59 Å². The third-order valence-corrected chi connectivity index (χ3v) is 5.74. The first-order chi connectivity index (χ1) is 9.97. The van der Waals surface area contributed by atoms with Crippen molar-refractivity contribution >= 4 is 11.9 Å². The van der Waals surface area contributed by atoms with Crippen molar-refractivity contribution in [2.75, 3.05) is 0 Å². The normalized spacial score (nSPS) is 39.8. The predicted octanol–water partition coefficient (Wildman–Crippen LogP) is 2.44. The van der Waals surface area contributed by atoms with Crippen LogP contribution < -0.4 is 0 Å². The van der Waals surface area contributed by atoms with Crippen molar-refractivity contribution in [2.24, 2.45) is 29.6 Å². The van der Waals surface area contributed by atoms with E-state index in [4.69, 9.17) is 14.6 Å². The fraction of sp³-hybridized carbons (Fsp3) is 0.875. The molecule has 7 atom stereocenters. The highest BCUT2D eigenvalue weighted by Crippen LogP contribution is 2.59. The summed E-state index contributed by atoms with van der Waals surface area (Å²) >= 11 is 0. The predicted molar refractivity (Wildman–Crippen MR) is 74.3 cm³/mol. The standard InChI is InChI=1S/C16H24O5/c1-8(15(17)18)16(19)21-9(2)20-14-7-10-6-13(14)12-5-3-4-11(10)12/h8-14H,3-7H2,1-2H3,(H,17,18). The lowest BCUT2D eigenvalue weighted by molar-refractivity contribution is -0.197. The number of aliphatic carboxylic acids is 1. The first-order valence-electron chi connectivity index (χ1n) is 8.06. The monoisotopic (exact) mass is 296 g/mol. The molecule has 21 heavy (non-hydrogen) atoms. The van der Waals surface area contributed by atoms with E-state index in [2.05, 4.69) is 0 Å². The molecule has 5 nitrogen and oxygen atoms in total. The van der Waals surface area contributed by atoms with E-state index in [0.29, 0.717) is 5.92 Å². The Morgan fingerprint density at radius 3 is 2.52 bits per heavy atom. The molecule has 0 heterocycles. The summed E-state index contributed by atoms with van der Waals surface area (Å²) in [4.78, 5) is 22.4. The molecule has 0 aromatic heterocycles. The van der Waals surface area contributed by atoms with Crippen molar-refractivity contribution in [1.82, 2.24) is 0 Å². The second kappa shape index (κ2) is 5.59. The van der Waals surface area contributed by atoms with E-state index in [-0.39, 0.29) is 6.10 Å². The summed E-state index contributed by atoms with van der Waals surface area (Å²) in [6.07, 6.45) is 5.87. The molecule has 3 rings (SSSR count). The molecular formula is C16H24O5. The van der Waals surface area contributed by atoms with Gasteiger partial charge in [-0.15, -0.1) is 0 Å². The maximum atomic E-state index is 11.6. The second-order valence-electron chi connectivity index (χ2n) is 6.89. The van der Waals surface area contributed by atoms with Gasteiger partial charge in [0, 0.05) is 0 Å². The van der Waals surface area contributed by atoms with E-state index in [1.165, 1.54) is 32.6 Å². The summed E-state index contributed by atoms with van der Waals surface area (Å²) in [5.41, 5.74) is 0. The van der Waals surface area contributed by atoms with Crippen LogP contribution in [0.25, 0.3) is 0 Å². The van der Waals surface area contributed by atoms with Crippen LogP contribution in [0.2, 0.25) is 0 Å². The number of ether oxygens (including phenoxy) is 2. The van der Waals surface area contributed by atoms with Gasteiger partial charge in [-0.2, -0.15) is 0 Å². The van der Waals surface area contributed by atoms with Gasteiger partial charge in [-0.25, -0.2) is 0 Å². The van der Waals surface area contributed by atoms with Crippen molar-refractivity contribution in [2.45, 2.75) is 58.3 Å². The number of carbonyl (C=O) groups is 2. The Morgan fingerprint density at radius 1 is 1.10 bits per heavy atom. The number of carbonyl (C=O) groups excluding carboxylic acids is 1. The Bertz CT molecular complexity index is 434. The third-order valence-electron chi connectivity index (χ3n) is 5.74. The lowest BCUT2D eigenvalue weighted by Gasteiger charge is -2.33. The van der Waals surface area contributed by atoms with Crippen molar-refractivity contribution in [3.8, 4) is 0 Å². The zero-order chi connectivity index (χ0) is 15.1. The van der Waals surface area contributed by atoms with E-state index < -0.39 is 24.1 Å². The van der Waals surface area contributed by atoms with Crippen molar-refractivity contribution in [3.05, 3.63) is 0 Å². The second-order valence-corrected chi connectivity index (χ2v) is 6.89. The van der Waals surface area contributed by atoms with Crippen molar-refractivity contribution in [3.63, 3.8) is 0 Å². The van der Waals surface area contributed by atoms with Gasteiger partial charge in [0.25, 0.3) is 0 Å². The molecule has 0 aliphatic heterocycles. The summed E-state index contributed by atoms with van der Waals surface area (Å²) in [5.74, 6) is 0.0661. The largest absolute Gasteiger partial charge is 0.481 e. The van der Waals surface area contributed by atoms with Crippen LogP contribution in [0.5, 0.6) is 0 Å². The molecule has 0 aromatic carbocycles. The van der Waals surface area contributed by atoms with E-state index in [1.54, 1.807) is 6.92 Å². The number of hydrogen-bond acceptors (Lipinski definition) is 4. The fourth-order valence-electron chi connectivity index (χ4n) is 4.80. The molecule has 7 unspecified atom stereocenters. The van der Waals surface area contributed by atoms with Crippen LogP contribution in [0.15, 0.2) is 0 Å². The summed E-state index contributed by atoms with van der Waals surface area (Å²) in [5, 5.41) is 8.80. The number of carboxylic acid groups (broad SMARTS) is 1. The van der Waals surface area contributed by atoms with Gasteiger partial charge in [0.1, 0.15) is 0 Å². The van der Waals surface area contributed by atoms with Crippen LogP contribution in [-0.2, 0) is 19.1 Å². The Balaban J connectivity index is 1.51. The number of fused-ring (bicyclic) bond motifs is 5. The lowest BCUT2D eigenvalue weighted by atomic mass is 9.80. The van der Waals surface area contributed by atoms with Gasteiger partial charge in [-0.3, -0.25) is 9.59 Å². The summed E-state index contributed by atoms with van der Waals surface area (Å²) < 4.78 is 11.0. The molecule has 0 saturated heterocycles. The Hall–Kier alpha value is -1.10. The fourth-order valence-corrected chi connectivity index (χ4v) is 4.80. The highest BCUT2D eigenvalue weighted by molar-refractivity contribution is 5.93. The van der Waals surface area contributed by atoms with E-state index in [0.717, 1.165) is 24.2 Å². The maximum absolute atomic E-state index is 11.6. The third kappa shape index (κ3) is 2.68. The molecule has 1 N–H and O–H groups in total. The van der Waals surface area contributed by atoms with Crippen LogP contribution in [0, 0.1) is 29.6 Å². The quantitative estimate of drug-likeness (QED) is 0.479. The van der Waals surface area contributed by atoms with Crippen LogP contribution in [-0.4, -0.2) is 29.4 Å². The van der Waals surface area contributed by atoms with Gasteiger partial charge in [0.05, 0.1) is 6.10 Å². The van der Waals surface area contributed by atoms with Crippen LogP contribution in [0.4, 0.5) is 0 Å². The molecule has 3 saturated carbocycles. The van der Waals surface area contributed by atoms with Crippen molar-refractivity contribution in [1.29, 1.82) is 0 Å². The van der Waals surface area contributed by atoms with Gasteiger partial charge < -0.3 is 14.6 Å².